The van der Waals surface area contributed by atoms with E-state index >= 15 is 0 Å². The van der Waals surface area contributed by atoms with Gasteiger partial charge in [0.2, 0.25) is 0 Å². The van der Waals surface area contributed by atoms with Gasteiger partial charge in [-0.25, -0.2) is 0 Å². The zero-order valence-electron chi connectivity index (χ0n) is 16.3. The summed E-state index contributed by atoms with van der Waals surface area (Å²) in [6, 6.07) is 23.5. The molecule has 0 radical (unpaired) electrons. The van der Waals surface area contributed by atoms with Crippen LogP contribution >= 0.6 is 7.60 Å². The molecule has 0 atom stereocenters. The fourth-order valence-corrected chi connectivity index (χ4v) is 3.28. The molecule has 156 valence electrons. The quantitative estimate of drug-likeness (QED) is 0.372. The van der Waals surface area contributed by atoms with Gasteiger partial charge in [0.25, 0.3) is 0 Å². The van der Waals surface area contributed by atoms with Gasteiger partial charge in [-0.2, -0.15) is 0 Å². The van der Waals surface area contributed by atoms with Gasteiger partial charge in [0.05, 0.1) is 6.16 Å². The van der Waals surface area contributed by atoms with E-state index in [4.69, 9.17) is 19.3 Å². The summed E-state index contributed by atoms with van der Waals surface area (Å²) in [5.41, 5.74) is 2.41. The van der Waals surface area contributed by atoms with Crippen molar-refractivity contribution in [1.29, 1.82) is 0 Å². The Morgan fingerprint density at radius 2 is 1.33 bits per heavy atom. The minimum atomic E-state index is -3.99. The molecule has 0 saturated carbocycles. The van der Waals surface area contributed by atoms with E-state index < -0.39 is 7.60 Å². The van der Waals surface area contributed by atoms with E-state index in [1.54, 1.807) is 48.5 Å². The van der Waals surface area contributed by atoms with Crippen molar-refractivity contribution in [3.8, 4) is 11.5 Å². The molecule has 2 N–H and O–H groups in total. The standard InChI is InChI=1S/C23H23O6P/c24-23(20-4-2-1-3-5-20)17-29-22-12-8-19(9-13-22)16-28-21-10-6-18(7-11-21)14-15-30(25,26)27/h1-13H,14-17H2,(H2,25,26,27). The van der Waals surface area contributed by atoms with E-state index in [1.807, 2.05) is 30.3 Å². The number of hydrogen-bond donors (Lipinski definition) is 2. The molecule has 0 fully saturated rings. The van der Waals surface area contributed by atoms with E-state index in [-0.39, 0.29) is 18.6 Å². The third kappa shape index (κ3) is 7.16. The van der Waals surface area contributed by atoms with Crippen LogP contribution in [0.25, 0.3) is 0 Å². The second kappa shape index (κ2) is 10.2. The molecular weight excluding hydrogens is 403 g/mol. The van der Waals surface area contributed by atoms with Gasteiger partial charge < -0.3 is 19.3 Å². The van der Waals surface area contributed by atoms with E-state index in [0.717, 1.165) is 11.1 Å². The first-order valence-electron chi connectivity index (χ1n) is 9.45. The van der Waals surface area contributed by atoms with Crippen molar-refractivity contribution in [2.75, 3.05) is 12.8 Å². The maximum absolute atomic E-state index is 12.1. The van der Waals surface area contributed by atoms with Gasteiger partial charge in [-0.1, -0.05) is 54.6 Å². The Morgan fingerprint density at radius 1 is 0.767 bits per heavy atom. The molecule has 0 saturated heterocycles. The van der Waals surface area contributed by atoms with Crippen LogP contribution < -0.4 is 9.47 Å². The number of carbonyl (C=O) groups is 1. The highest BCUT2D eigenvalue weighted by atomic mass is 31.2. The Kier molecular flexibility index (Phi) is 7.41. The van der Waals surface area contributed by atoms with Gasteiger partial charge in [0.1, 0.15) is 18.1 Å². The third-order valence-corrected chi connectivity index (χ3v) is 5.22. The highest BCUT2D eigenvalue weighted by Crippen LogP contribution is 2.35. The van der Waals surface area contributed by atoms with Gasteiger partial charge in [-0.05, 0) is 41.8 Å². The normalized spacial score (nSPS) is 11.1. The Bertz CT molecular complexity index is 994. The fraction of sp³-hybridized carbons (Fsp3) is 0.174. The molecule has 0 aliphatic carbocycles. The van der Waals surface area contributed by atoms with Crippen LogP contribution in [0.1, 0.15) is 21.5 Å². The molecule has 3 aromatic rings. The van der Waals surface area contributed by atoms with E-state index in [2.05, 4.69) is 0 Å². The molecule has 0 heterocycles. The molecule has 0 unspecified atom stereocenters. The second-order valence-electron chi connectivity index (χ2n) is 6.79. The van der Waals surface area contributed by atoms with Crippen LogP contribution in [-0.2, 0) is 17.6 Å². The van der Waals surface area contributed by atoms with Crippen LogP contribution in [0.15, 0.2) is 78.9 Å². The Morgan fingerprint density at radius 3 is 1.93 bits per heavy atom. The third-order valence-electron chi connectivity index (χ3n) is 4.41. The minimum Gasteiger partial charge on any atom is -0.489 e. The lowest BCUT2D eigenvalue weighted by atomic mass is 10.1. The minimum absolute atomic E-state index is 0.0196. The van der Waals surface area contributed by atoms with Crippen LogP contribution in [0.5, 0.6) is 11.5 Å². The first kappa shape index (κ1) is 21.8. The lowest BCUT2D eigenvalue weighted by molar-refractivity contribution is 0.0921. The summed E-state index contributed by atoms with van der Waals surface area (Å²) < 4.78 is 22.2. The van der Waals surface area contributed by atoms with Gasteiger partial charge >= 0.3 is 7.60 Å². The van der Waals surface area contributed by atoms with Gasteiger partial charge in [0, 0.05) is 5.56 Å². The highest BCUT2D eigenvalue weighted by Gasteiger charge is 2.12. The zero-order chi connectivity index (χ0) is 21.4. The van der Waals surface area contributed by atoms with E-state index in [9.17, 15) is 9.36 Å². The van der Waals surface area contributed by atoms with Gasteiger partial charge in [-0.15, -0.1) is 0 Å². The number of ketones is 1. The highest BCUT2D eigenvalue weighted by molar-refractivity contribution is 7.51. The maximum atomic E-state index is 12.1. The summed E-state index contributed by atoms with van der Waals surface area (Å²) in [7, 11) is -3.99. The largest absolute Gasteiger partial charge is 0.489 e. The average molecular weight is 426 g/mol. The molecule has 0 aromatic heterocycles. The number of benzene rings is 3. The van der Waals surface area contributed by atoms with E-state index in [0.29, 0.717) is 30.1 Å². The van der Waals surface area contributed by atoms with Crippen molar-refractivity contribution in [3.05, 3.63) is 95.6 Å². The number of carbonyl (C=O) groups excluding carboxylic acids is 1. The summed E-state index contributed by atoms with van der Waals surface area (Å²) in [5, 5.41) is 0. The molecule has 0 aliphatic heterocycles. The smallest absolute Gasteiger partial charge is 0.325 e. The van der Waals surface area contributed by atoms with Crippen LogP contribution in [0.3, 0.4) is 0 Å². The molecule has 3 aromatic carbocycles. The fourth-order valence-electron chi connectivity index (χ4n) is 2.73. The Labute approximate surface area is 175 Å². The molecular formula is C23H23O6P. The lowest BCUT2D eigenvalue weighted by Gasteiger charge is -2.09. The molecule has 7 heteroatoms. The Balaban J connectivity index is 1.45. The van der Waals surface area contributed by atoms with Crippen LogP contribution in [0, 0.1) is 0 Å². The second-order valence-corrected chi connectivity index (χ2v) is 8.57. The van der Waals surface area contributed by atoms with Crippen molar-refractivity contribution in [2.24, 2.45) is 0 Å². The van der Waals surface area contributed by atoms with Crippen LogP contribution in [0.2, 0.25) is 0 Å². The SMILES string of the molecule is O=C(COc1ccc(COc2ccc(CCP(=O)(O)O)cc2)cc1)c1ccccc1. The van der Waals surface area contributed by atoms with Crippen molar-refractivity contribution < 1.29 is 28.6 Å². The van der Waals surface area contributed by atoms with E-state index in [1.165, 1.54) is 0 Å². The zero-order valence-corrected chi connectivity index (χ0v) is 17.2. The summed E-state index contributed by atoms with van der Waals surface area (Å²) >= 11 is 0. The molecule has 3 rings (SSSR count). The predicted octanol–water partition coefficient (Wildman–Crippen LogP) is 4.25. The first-order valence-corrected chi connectivity index (χ1v) is 11.3. The van der Waals surface area contributed by atoms with Crippen molar-refractivity contribution in [3.63, 3.8) is 0 Å². The molecule has 6 nitrogen and oxygen atoms in total. The summed E-state index contributed by atoms with van der Waals surface area (Å²) in [4.78, 5) is 29.9. The van der Waals surface area contributed by atoms with Gasteiger partial charge in [-0.3, -0.25) is 9.36 Å². The van der Waals surface area contributed by atoms with Crippen molar-refractivity contribution in [1.82, 2.24) is 0 Å². The monoisotopic (exact) mass is 426 g/mol. The first-order chi connectivity index (χ1) is 14.4. The lowest BCUT2D eigenvalue weighted by Crippen LogP contribution is -2.11. The van der Waals surface area contributed by atoms with Crippen molar-refractivity contribution >= 4 is 13.4 Å². The molecule has 0 spiro atoms. The summed E-state index contributed by atoms with van der Waals surface area (Å²) in [6.07, 6.45) is 0.150. The number of aryl methyl sites for hydroxylation is 1. The van der Waals surface area contributed by atoms with Crippen LogP contribution in [-0.4, -0.2) is 28.3 Å². The van der Waals surface area contributed by atoms with Crippen molar-refractivity contribution in [2.45, 2.75) is 13.0 Å². The summed E-state index contributed by atoms with van der Waals surface area (Å²) in [6.45, 7) is 0.347. The molecule has 0 bridgehead atoms. The Hall–Kier alpha value is -2.92. The average Bonchev–Trinajstić information content (AvgIpc) is 2.76. The van der Waals surface area contributed by atoms with Gasteiger partial charge in [0.15, 0.2) is 12.4 Å². The number of rotatable bonds is 10. The van der Waals surface area contributed by atoms with Crippen LogP contribution in [0.4, 0.5) is 0 Å². The molecule has 0 aliphatic rings. The number of Topliss-reactive ketones (excluding diaryl/α,β-unsaturated/α-hetero) is 1. The molecule has 0 amide bonds. The predicted molar refractivity (Wildman–Crippen MR) is 114 cm³/mol. The maximum Gasteiger partial charge on any atom is 0.325 e. The molecule has 30 heavy (non-hydrogen) atoms. The summed E-state index contributed by atoms with van der Waals surface area (Å²) in [5.74, 6) is 1.20. The number of hydrogen-bond acceptors (Lipinski definition) is 4. The topological polar surface area (TPSA) is 93.1 Å². The number of ether oxygens (including phenoxy) is 2.